The first kappa shape index (κ1) is 36.9. The average Bonchev–Trinajstić information content (AvgIpc) is 3.45. The van der Waals surface area contributed by atoms with Crippen LogP contribution in [0.25, 0.3) is 0 Å². The number of carbonyl (C=O) groups excluding carboxylic acids is 1. The number of nitrogens with zero attached hydrogens (tertiary/aromatic N) is 1. The van der Waals surface area contributed by atoms with Gasteiger partial charge >= 0.3 is 5.97 Å². The van der Waals surface area contributed by atoms with Crippen molar-refractivity contribution in [2.24, 2.45) is 57.2 Å². The summed E-state index contributed by atoms with van der Waals surface area (Å²) in [5.41, 5.74) is 5.65. The van der Waals surface area contributed by atoms with E-state index in [4.69, 9.17) is 4.74 Å². The monoisotopic (exact) mass is 708 g/mol. The molecule has 0 aromatic rings. The zero-order chi connectivity index (χ0) is 35.9. The first-order valence-corrected chi connectivity index (χ1v) is 22.1. The molecule has 1 aliphatic heterocycles. The highest BCUT2D eigenvalue weighted by Gasteiger charge is 2.70. The van der Waals surface area contributed by atoms with Gasteiger partial charge in [0.2, 0.25) is 0 Å². The molecule has 4 saturated carbocycles. The Kier molecular flexibility index (Phi) is 9.49. The van der Waals surface area contributed by atoms with E-state index in [0.717, 1.165) is 38.3 Å². The van der Waals surface area contributed by atoms with Gasteiger partial charge in [-0.05, 0) is 146 Å². The van der Waals surface area contributed by atoms with Crippen LogP contribution in [-0.4, -0.2) is 69.6 Å². The van der Waals surface area contributed by atoms with Crippen LogP contribution in [-0.2, 0) is 19.4 Å². The van der Waals surface area contributed by atoms with Gasteiger partial charge in [-0.15, -0.1) is 0 Å². The van der Waals surface area contributed by atoms with Gasteiger partial charge in [-0.1, -0.05) is 58.9 Å². The van der Waals surface area contributed by atoms with E-state index in [1.807, 2.05) is 0 Å². The van der Waals surface area contributed by atoms with E-state index in [9.17, 15) is 13.2 Å². The van der Waals surface area contributed by atoms with E-state index in [1.54, 1.807) is 5.57 Å². The fourth-order valence-corrected chi connectivity index (χ4v) is 15.8. The Morgan fingerprint density at radius 2 is 1.68 bits per heavy atom. The Labute approximate surface area is 304 Å². The van der Waals surface area contributed by atoms with Crippen molar-refractivity contribution in [3.05, 3.63) is 35.5 Å². The van der Waals surface area contributed by atoms with Crippen molar-refractivity contribution in [1.29, 1.82) is 0 Å². The molecule has 1 N–H and O–H groups in total. The van der Waals surface area contributed by atoms with Crippen LogP contribution in [0.15, 0.2) is 35.5 Å². The molecule has 7 aliphatic rings. The maximum atomic E-state index is 12.3. The molecule has 0 radical (unpaired) electrons. The van der Waals surface area contributed by atoms with Crippen LogP contribution >= 0.6 is 0 Å². The quantitative estimate of drug-likeness (QED) is 0.213. The van der Waals surface area contributed by atoms with Gasteiger partial charge in [0.1, 0.15) is 0 Å². The molecule has 0 aromatic heterocycles. The fraction of sp³-hybridized carbons (Fsp3) is 0.837. The standard InChI is InChI=1S/C43H68N2O4S/c1-29(2)32-15-20-43(44-23-24-45-25-27-50(47,48)28-26-45)22-21-41(6)34(37(32)43)13-14-36-40(5)18-16-33(30-9-11-31(12-10-30)38(46)49-8)39(3,4)35(40)17-19-42(36,41)7/h9,16,31-32,34-37,44H,1,10-15,17-28H2,2-8H3. The molecule has 50 heavy (non-hydrogen) atoms. The summed E-state index contributed by atoms with van der Waals surface area (Å²) in [7, 11) is -1.34. The number of allylic oxidation sites excluding steroid dienone is 5. The Balaban J connectivity index is 1.12. The molecular weight excluding hydrogens is 641 g/mol. The number of carbonyl (C=O) groups is 1. The second-order valence-corrected chi connectivity index (χ2v) is 21.8. The Hall–Kier alpha value is -1.44. The molecule has 6 nitrogen and oxygen atoms in total. The van der Waals surface area contributed by atoms with Gasteiger partial charge in [0.25, 0.3) is 0 Å². The van der Waals surface area contributed by atoms with Crippen molar-refractivity contribution in [3.8, 4) is 0 Å². The number of nitrogens with one attached hydrogen (secondary N) is 1. The van der Waals surface area contributed by atoms with Gasteiger partial charge in [0.15, 0.2) is 9.84 Å². The summed E-state index contributed by atoms with van der Waals surface area (Å²) in [6, 6.07) is 0. The number of fused-ring (bicyclic) bond motifs is 7. The minimum absolute atomic E-state index is 0.0113. The third-order valence-electron chi connectivity index (χ3n) is 17.3. The lowest BCUT2D eigenvalue weighted by atomic mass is 9.33. The van der Waals surface area contributed by atoms with E-state index in [2.05, 4.69) is 70.5 Å². The van der Waals surface area contributed by atoms with Crippen molar-refractivity contribution in [2.75, 3.05) is 44.8 Å². The van der Waals surface area contributed by atoms with E-state index in [-0.39, 0.29) is 28.3 Å². The molecule has 1 heterocycles. The van der Waals surface area contributed by atoms with E-state index < -0.39 is 9.84 Å². The van der Waals surface area contributed by atoms with Gasteiger partial charge in [-0.2, -0.15) is 0 Å². The molecule has 280 valence electrons. The molecule has 0 spiro atoms. The van der Waals surface area contributed by atoms with E-state index in [0.29, 0.717) is 59.1 Å². The largest absolute Gasteiger partial charge is 0.469 e. The van der Waals surface area contributed by atoms with Crippen molar-refractivity contribution < 1.29 is 17.9 Å². The van der Waals surface area contributed by atoms with Crippen LogP contribution in [0.3, 0.4) is 0 Å². The van der Waals surface area contributed by atoms with Gasteiger partial charge < -0.3 is 15.0 Å². The second-order valence-electron chi connectivity index (χ2n) is 19.5. The number of hydrogen-bond acceptors (Lipinski definition) is 6. The Bertz CT molecular complexity index is 1530. The average molecular weight is 709 g/mol. The summed E-state index contributed by atoms with van der Waals surface area (Å²) in [6.07, 6.45) is 19.3. The van der Waals surface area contributed by atoms with E-state index >= 15 is 0 Å². The molecule has 0 amide bonds. The van der Waals surface area contributed by atoms with Gasteiger partial charge in [0, 0.05) is 31.7 Å². The fourth-order valence-electron chi connectivity index (χ4n) is 14.5. The van der Waals surface area contributed by atoms with Crippen LogP contribution in [0, 0.1) is 57.2 Å². The third kappa shape index (κ3) is 5.67. The number of hydrogen-bond donors (Lipinski definition) is 1. The van der Waals surface area contributed by atoms with Crippen molar-refractivity contribution in [3.63, 3.8) is 0 Å². The number of sulfone groups is 1. The summed E-state index contributed by atoms with van der Waals surface area (Å²) >= 11 is 0. The molecule has 0 bridgehead atoms. The molecule has 0 aromatic carbocycles. The van der Waals surface area contributed by atoms with Crippen LogP contribution in [0.4, 0.5) is 0 Å². The Morgan fingerprint density at radius 3 is 2.34 bits per heavy atom. The van der Waals surface area contributed by atoms with Crippen LogP contribution < -0.4 is 5.32 Å². The van der Waals surface area contributed by atoms with Crippen LogP contribution in [0.5, 0.6) is 0 Å². The van der Waals surface area contributed by atoms with Gasteiger partial charge in [-0.25, -0.2) is 8.42 Å². The normalized spacial score (nSPS) is 45.2. The predicted molar refractivity (Wildman–Crippen MR) is 203 cm³/mol. The maximum absolute atomic E-state index is 12.3. The third-order valence-corrected chi connectivity index (χ3v) is 18.9. The summed E-state index contributed by atoms with van der Waals surface area (Å²) in [4.78, 5) is 14.6. The highest BCUT2D eigenvalue weighted by atomic mass is 32.2. The molecule has 7 heteroatoms. The van der Waals surface area contributed by atoms with E-state index in [1.165, 1.54) is 76.0 Å². The SMILES string of the molecule is C=C(C)C1CCC2(NCCN3CCS(=O)(=O)CC3)CCC3(C)C(CCC4C5(C)CC=C(C6=CCC(C(=O)OC)CC6)C(C)(C)C5CCC43C)C12. The van der Waals surface area contributed by atoms with Crippen molar-refractivity contribution in [1.82, 2.24) is 10.2 Å². The first-order chi connectivity index (χ1) is 23.5. The lowest BCUT2D eigenvalue weighted by molar-refractivity contribution is -0.221. The van der Waals surface area contributed by atoms with Crippen molar-refractivity contribution in [2.45, 2.75) is 124 Å². The smallest absolute Gasteiger partial charge is 0.308 e. The van der Waals surface area contributed by atoms with Crippen molar-refractivity contribution >= 4 is 15.8 Å². The number of rotatable bonds is 7. The van der Waals surface area contributed by atoms with Gasteiger partial charge in [0.05, 0.1) is 24.5 Å². The Morgan fingerprint density at radius 1 is 0.940 bits per heavy atom. The predicted octanol–water partition coefficient (Wildman–Crippen LogP) is 8.15. The summed E-state index contributed by atoms with van der Waals surface area (Å²) in [6.45, 7) is 23.4. The van der Waals surface area contributed by atoms with Crippen LogP contribution in [0.1, 0.15) is 119 Å². The summed E-state index contributed by atoms with van der Waals surface area (Å²) < 4.78 is 29.2. The second kappa shape index (κ2) is 12.9. The zero-order valence-electron chi connectivity index (χ0n) is 32.5. The lowest BCUT2D eigenvalue weighted by Gasteiger charge is -2.72. The number of methoxy groups -OCH3 is 1. The maximum Gasteiger partial charge on any atom is 0.308 e. The molecule has 7 rings (SSSR count). The molecular formula is C43H68N2O4S. The number of ether oxygens (including phenoxy) is 1. The topological polar surface area (TPSA) is 75.7 Å². The lowest BCUT2D eigenvalue weighted by Crippen LogP contribution is -2.68. The summed E-state index contributed by atoms with van der Waals surface area (Å²) in [5, 5.41) is 4.23. The zero-order valence-corrected chi connectivity index (χ0v) is 33.4. The minimum Gasteiger partial charge on any atom is -0.469 e. The molecule has 10 atom stereocenters. The highest BCUT2D eigenvalue weighted by molar-refractivity contribution is 7.91. The first-order valence-electron chi connectivity index (χ1n) is 20.3. The van der Waals surface area contributed by atoms with Crippen LogP contribution in [0.2, 0.25) is 0 Å². The van der Waals surface area contributed by atoms with Gasteiger partial charge in [-0.3, -0.25) is 4.79 Å². The summed E-state index contributed by atoms with van der Waals surface area (Å²) in [5.74, 6) is 3.87. The molecule has 1 saturated heterocycles. The molecule has 10 unspecified atom stereocenters. The molecule has 5 fully saturated rings. The number of esters is 1. The minimum atomic E-state index is -2.85. The molecule has 6 aliphatic carbocycles. The highest BCUT2D eigenvalue weighted by Crippen LogP contribution is 2.76.